The van der Waals surface area contributed by atoms with Gasteiger partial charge in [-0.1, -0.05) is 83.7 Å². The summed E-state index contributed by atoms with van der Waals surface area (Å²) in [6.07, 6.45) is 17.6. The number of rotatable bonds is 16. The summed E-state index contributed by atoms with van der Waals surface area (Å²) < 4.78 is 37.4. The smallest absolute Gasteiger partial charge is 0.295 e. The molecule has 2 aromatic carbocycles. The standard InChI is InChI=1S/C35H48N2O3S/c1-5-9-25-36(26-10-6-2)31-21-17-29(18-22-31)35(33-15-13-14-16-34(33)41(38,39)40)30-19-23-32(24-20-30)37(27-11-7-3)28-12-8-4/h13-24H,5-12,25-28H2,1-4H3/p+1. The number of hydrogen-bond acceptors (Lipinski definition) is 3. The first-order valence-corrected chi connectivity index (χ1v) is 16.9. The molecule has 0 radical (unpaired) electrons. The summed E-state index contributed by atoms with van der Waals surface area (Å²) in [5.41, 5.74) is 5.47. The third-order valence-electron chi connectivity index (χ3n) is 7.60. The van der Waals surface area contributed by atoms with Gasteiger partial charge in [-0.3, -0.25) is 4.55 Å². The molecule has 1 aliphatic carbocycles. The lowest BCUT2D eigenvalue weighted by Gasteiger charge is -2.25. The molecule has 3 rings (SSSR count). The predicted molar refractivity (Wildman–Crippen MR) is 174 cm³/mol. The van der Waals surface area contributed by atoms with Gasteiger partial charge in [0, 0.05) is 49.3 Å². The van der Waals surface area contributed by atoms with Crippen LogP contribution in [0.25, 0.3) is 5.57 Å². The average Bonchev–Trinajstić information content (AvgIpc) is 2.98. The summed E-state index contributed by atoms with van der Waals surface area (Å²) in [5.74, 6) is 0. The van der Waals surface area contributed by atoms with Crippen LogP contribution in [0.3, 0.4) is 0 Å². The van der Waals surface area contributed by atoms with Crippen molar-refractivity contribution in [1.82, 2.24) is 0 Å². The number of allylic oxidation sites excluding steroid dienone is 5. The lowest BCUT2D eigenvalue weighted by Crippen LogP contribution is -2.25. The second kappa shape index (κ2) is 16.5. The lowest BCUT2D eigenvalue weighted by molar-refractivity contribution is -0.527. The summed E-state index contributed by atoms with van der Waals surface area (Å²) in [6.45, 7) is 12.9. The zero-order valence-corrected chi connectivity index (χ0v) is 26.3. The van der Waals surface area contributed by atoms with Crippen LogP contribution in [0.1, 0.15) is 90.2 Å². The van der Waals surface area contributed by atoms with Gasteiger partial charge in [0.25, 0.3) is 10.1 Å². The Labute approximate surface area is 248 Å². The third kappa shape index (κ3) is 9.27. The molecule has 2 aromatic rings. The van der Waals surface area contributed by atoms with E-state index in [0.29, 0.717) is 5.56 Å². The van der Waals surface area contributed by atoms with Crippen molar-refractivity contribution >= 4 is 27.1 Å². The van der Waals surface area contributed by atoms with E-state index >= 15 is 0 Å². The molecular formula is C35H49N2O3S+. The van der Waals surface area contributed by atoms with Crippen molar-refractivity contribution in [2.24, 2.45) is 0 Å². The molecule has 0 unspecified atom stereocenters. The van der Waals surface area contributed by atoms with Gasteiger partial charge in [-0.25, -0.2) is 4.58 Å². The first kappa shape index (κ1) is 32.6. The topological polar surface area (TPSA) is 60.6 Å². The zero-order chi connectivity index (χ0) is 29.7. The Kier molecular flexibility index (Phi) is 13.1. The molecule has 0 aromatic heterocycles. The highest BCUT2D eigenvalue weighted by Gasteiger charge is 2.22. The average molecular weight is 578 g/mol. The van der Waals surface area contributed by atoms with E-state index in [1.54, 1.807) is 12.1 Å². The summed E-state index contributed by atoms with van der Waals surface area (Å²) >= 11 is 0. The maximum absolute atomic E-state index is 12.4. The molecule has 5 nitrogen and oxygen atoms in total. The van der Waals surface area contributed by atoms with Crippen LogP contribution in [-0.4, -0.2) is 49.4 Å². The fourth-order valence-corrected chi connectivity index (χ4v) is 5.89. The highest BCUT2D eigenvalue weighted by molar-refractivity contribution is 7.86. The van der Waals surface area contributed by atoms with Gasteiger partial charge in [0.05, 0.1) is 0 Å². The zero-order valence-electron chi connectivity index (χ0n) is 25.5. The fourth-order valence-electron chi connectivity index (χ4n) is 5.19. The lowest BCUT2D eigenvalue weighted by atomic mass is 9.90. The van der Waals surface area contributed by atoms with Gasteiger partial charge in [0.2, 0.25) is 0 Å². The van der Waals surface area contributed by atoms with E-state index in [1.807, 2.05) is 6.07 Å². The molecule has 0 amide bonds. The number of nitrogens with zero attached hydrogens (tertiary/aromatic N) is 2. The second-order valence-electron chi connectivity index (χ2n) is 10.8. The molecule has 0 bridgehead atoms. The molecule has 41 heavy (non-hydrogen) atoms. The van der Waals surface area contributed by atoms with Gasteiger partial charge >= 0.3 is 0 Å². The molecular weight excluding hydrogens is 528 g/mol. The summed E-state index contributed by atoms with van der Waals surface area (Å²) in [4.78, 5) is 2.36. The van der Waals surface area contributed by atoms with E-state index in [0.717, 1.165) is 94.3 Å². The Bertz CT molecular complexity index is 1320. The van der Waals surface area contributed by atoms with E-state index in [1.165, 1.54) is 17.5 Å². The molecule has 0 atom stereocenters. The van der Waals surface area contributed by atoms with Crippen LogP contribution in [0.5, 0.6) is 0 Å². The van der Waals surface area contributed by atoms with Gasteiger partial charge in [0.1, 0.15) is 18.0 Å². The Morgan fingerprint density at radius 2 is 1.27 bits per heavy atom. The molecule has 6 heteroatoms. The molecule has 0 fully saturated rings. The van der Waals surface area contributed by atoms with Crippen molar-refractivity contribution in [3.8, 4) is 0 Å². The van der Waals surface area contributed by atoms with Crippen molar-refractivity contribution in [2.75, 3.05) is 31.1 Å². The summed E-state index contributed by atoms with van der Waals surface area (Å²) in [6, 6.07) is 15.2. The monoisotopic (exact) mass is 577 g/mol. The normalized spacial score (nSPS) is 13.1. The van der Waals surface area contributed by atoms with Crippen LogP contribution in [0.15, 0.2) is 83.3 Å². The van der Waals surface area contributed by atoms with Crippen LogP contribution in [0, 0.1) is 0 Å². The Hall–Kier alpha value is -2.96. The van der Waals surface area contributed by atoms with Gasteiger partial charge in [-0.05, 0) is 59.9 Å². The van der Waals surface area contributed by atoms with Gasteiger partial charge in [-0.2, -0.15) is 8.42 Å². The Morgan fingerprint density at radius 3 is 1.78 bits per heavy atom. The maximum Gasteiger partial charge on any atom is 0.295 e. The van der Waals surface area contributed by atoms with E-state index in [-0.39, 0.29) is 4.90 Å². The minimum absolute atomic E-state index is 0.0804. The minimum atomic E-state index is -4.42. The van der Waals surface area contributed by atoms with Crippen LogP contribution < -0.4 is 4.90 Å². The minimum Gasteiger partial charge on any atom is -0.372 e. The van der Waals surface area contributed by atoms with Crippen LogP contribution in [0.4, 0.5) is 5.69 Å². The highest BCUT2D eigenvalue weighted by atomic mass is 32.2. The van der Waals surface area contributed by atoms with E-state index in [9.17, 15) is 13.0 Å². The molecule has 0 saturated carbocycles. The van der Waals surface area contributed by atoms with Crippen LogP contribution >= 0.6 is 0 Å². The molecule has 0 heterocycles. The van der Waals surface area contributed by atoms with Gasteiger partial charge in [0.15, 0.2) is 5.71 Å². The van der Waals surface area contributed by atoms with Gasteiger partial charge in [-0.15, -0.1) is 0 Å². The Balaban J connectivity index is 2.12. The molecule has 1 N–H and O–H groups in total. The number of hydrogen-bond donors (Lipinski definition) is 1. The molecule has 1 aliphatic rings. The van der Waals surface area contributed by atoms with Crippen LogP contribution in [0.2, 0.25) is 0 Å². The molecule has 222 valence electrons. The first-order chi connectivity index (χ1) is 19.8. The molecule has 0 spiro atoms. The quantitative estimate of drug-likeness (QED) is 0.161. The number of unbranched alkanes of at least 4 members (excludes halogenated alkanes) is 4. The van der Waals surface area contributed by atoms with E-state index in [4.69, 9.17) is 0 Å². The second-order valence-corrected chi connectivity index (χ2v) is 12.2. The summed E-state index contributed by atoms with van der Waals surface area (Å²) in [7, 11) is -4.42. The van der Waals surface area contributed by atoms with Crippen molar-refractivity contribution < 1.29 is 17.5 Å². The Morgan fingerprint density at radius 1 is 0.732 bits per heavy atom. The molecule has 0 aliphatic heterocycles. The van der Waals surface area contributed by atoms with Crippen molar-refractivity contribution in [2.45, 2.75) is 84.0 Å². The number of benzene rings is 2. The number of anilines is 1. The van der Waals surface area contributed by atoms with E-state index in [2.05, 4.69) is 85.7 Å². The fraction of sp³-hybridized carbons (Fsp3) is 0.457. The van der Waals surface area contributed by atoms with Crippen LogP contribution in [-0.2, 0) is 10.1 Å². The van der Waals surface area contributed by atoms with Crippen molar-refractivity contribution in [3.05, 3.63) is 89.5 Å². The largest absolute Gasteiger partial charge is 0.372 e. The maximum atomic E-state index is 12.4. The SMILES string of the molecule is CCCCN(CCCC)c1ccc(C(=C2C=CC(=[N+](CCCC)CCCC)C=C2)c2ccccc2S(=O)(=O)O)cc1. The van der Waals surface area contributed by atoms with E-state index < -0.39 is 10.1 Å². The molecule has 0 saturated heterocycles. The third-order valence-corrected chi connectivity index (χ3v) is 8.51. The highest BCUT2D eigenvalue weighted by Crippen LogP contribution is 2.34. The van der Waals surface area contributed by atoms with Crippen molar-refractivity contribution in [3.63, 3.8) is 0 Å². The van der Waals surface area contributed by atoms with Gasteiger partial charge < -0.3 is 4.90 Å². The summed E-state index contributed by atoms with van der Waals surface area (Å²) in [5, 5.41) is 0. The predicted octanol–water partition coefficient (Wildman–Crippen LogP) is 8.32. The first-order valence-electron chi connectivity index (χ1n) is 15.5. The van der Waals surface area contributed by atoms with Crippen molar-refractivity contribution in [1.29, 1.82) is 0 Å².